The summed E-state index contributed by atoms with van der Waals surface area (Å²) in [5.74, 6) is 0.177. The predicted molar refractivity (Wildman–Crippen MR) is 78.7 cm³/mol. The minimum absolute atomic E-state index is 0.0226. The Hall–Kier alpha value is -1.19. The molecule has 2 unspecified atom stereocenters. The molecule has 0 aromatic heterocycles. The molecule has 0 amide bonds. The molecule has 19 heavy (non-hydrogen) atoms. The fraction of sp³-hybridized carbons (Fsp3) is 0.250. The fourth-order valence-electron chi connectivity index (χ4n) is 2.76. The van der Waals surface area contributed by atoms with Gasteiger partial charge in [-0.1, -0.05) is 46.3 Å². The number of hydrogen-bond donors (Lipinski definition) is 1. The minimum atomic E-state index is -0.183. The van der Waals surface area contributed by atoms with Crippen molar-refractivity contribution in [3.63, 3.8) is 0 Å². The third-order valence-corrected chi connectivity index (χ3v) is 4.38. The van der Waals surface area contributed by atoms with E-state index in [4.69, 9.17) is 5.73 Å². The largest absolute Gasteiger partial charge is 0.327 e. The molecule has 98 valence electrons. The molecule has 0 spiro atoms. The van der Waals surface area contributed by atoms with Gasteiger partial charge in [0, 0.05) is 16.4 Å². The second-order valence-corrected chi connectivity index (χ2v) is 6.03. The third kappa shape index (κ3) is 2.45. The topological polar surface area (TPSA) is 26.0 Å². The van der Waals surface area contributed by atoms with Crippen molar-refractivity contribution >= 4 is 15.9 Å². The van der Waals surface area contributed by atoms with Crippen molar-refractivity contribution in [3.8, 4) is 0 Å². The summed E-state index contributed by atoms with van der Waals surface area (Å²) < 4.78 is 14.6. The van der Waals surface area contributed by atoms with Crippen molar-refractivity contribution in [2.45, 2.75) is 24.8 Å². The van der Waals surface area contributed by atoms with Gasteiger partial charge in [-0.25, -0.2) is 4.39 Å². The van der Waals surface area contributed by atoms with E-state index in [0.29, 0.717) is 17.9 Å². The first-order valence-electron chi connectivity index (χ1n) is 6.42. The molecule has 2 N–H and O–H groups in total. The zero-order chi connectivity index (χ0) is 13.4. The lowest BCUT2D eigenvalue weighted by atomic mass is 9.72. The molecule has 3 rings (SSSR count). The average molecular weight is 320 g/mol. The van der Waals surface area contributed by atoms with E-state index in [-0.39, 0.29) is 11.9 Å². The molecule has 2 aromatic carbocycles. The fourth-order valence-corrected chi connectivity index (χ4v) is 3.10. The maximum absolute atomic E-state index is 13.8. The molecule has 0 saturated heterocycles. The van der Waals surface area contributed by atoms with E-state index in [1.807, 2.05) is 18.2 Å². The number of benzene rings is 2. The number of halogens is 2. The van der Waals surface area contributed by atoms with Crippen LogP contribution in [-0.4, -0.2) is 6.04 Å². The Labute approximate surface area is 120 Å². The molecule has 1 nitrogen and oxygen atoms in total. The van der Waals surface area contributed by atoms with E-state index in [0.717, 1.165) is 10.9 Å². The Morgan fingerprint density at radius 3 is 2.79 bits per heavy atom. The molecule has 0 aliphatic heterocycles. The van der Waals surface area contributed by atoms with Gasteiger partial charge in [0.15, 0.2) is 0 Å². The maximum atomic E-state index is 13.8. The Morgan fingerprint density at radius 1 is 1.26 bits per heavy atom. The highest BCUT2D eigenvalue weighted by Gasteiger charge is 2.30. The highest BCUT2D eigenvalue weighted by Crippen LogP contribution is 2.37. The molecule has 0 saturated carbocycles. The maximum Gasteiger partial charge on any atom is 0.127 e. The predicted octanol–water partition coefficient (Wildman–Crippen LogP) is 3.80. The lowest BCUT2D eigenvalue weighted by Gasteiger charge is -2.34. The van der Waals surface area contributed by atoms with Gasteiger partial charge in [-0.05, 0) is 41.7 Å². The van der Waals surface area contributed by atoms with Gasteiger partial charge in [0.2, 0.25) is 0 Å². The van der Waals surface area contributed by atoms with Crippen LogP contribution in [0, 0.1) is 5.82 Å². The van der Waals surface area contributed by atoms with E-state index in [9.17, 15) is 4.39 Å². The molecule has 0 heterocycles. The minimum Gasteiger partial charge on any atom is -0.327 e. The lowest BCUT2D eigenvalue weighted by molar-refractivity contribution is 0.472. The van der Waals surface area contributed by atoms with Crippen LogP contribution >= 0.6 is 15.9 Å². The normalized spacial score (nSPS) is 18.6. The molecule has 0 bridgehead atoms. The first kappa shape index (κ1) is 12.8. The monoisotopic (exact) mass is 319 g/mol. The first-order chi connectivity index (χ1) is 9.15. The van der Waals surface area contributed by atoms with Gasteiger partial charge in [0.05, 0.1) is 0 Å². The smallest absolute Gasteiger partial charge is 0.127 e. The van der Waals surface area contributed by atoms with Crippen molar-refractivity contribution < 1.29 is 4.39 Å². The van der Waals surface area contributed by atoms with Crippen LogP contribution in [0.3, 0.4) is 0 Å². The van der Waals surface area contributed by atoms with E-state index < -0.39 is 0 Å². The summed E-state index contributed by atoms with van der Waals surface area (Å²) in [7, 11) is 0. The van der Waals surface area contributed by atoms with Gasteiger partial charge < -0.3 is 5.73 Å². The van der Waals surface area contributed by atoms with Gasteiger partial charge >= 0.3 is 0 Å². The Balaban J connectivity index is 1.75. The Bertz CT molecular complexity index is 611. The zero-order valence-electron chi connectivity index (χ0n) is 10.4. The molecular formula is C16H15BrFN. The van der Waals surface area contributed by atoms with Gasteiger partial charge in [0.25, 0.3) is 0 Å². The van der Waals surface area contributed by atoms with Crippen LogP contribution in [0.2, 0.25) is 0 Å². The van der Waals surface area contributed by atoms with Crippen molar-refractivity contribution in [3.05, 3.63) is 69.4 Å². The van der Waals surface area contributed by atoms with Crippen LogP contribution in [0.4, 0.5) is 4.39 Å². The molecule has 1 aliphatic rings. The average Bonchev–Trinajstić information content (AvgIpc) is 2.34. The van der Waals surface area contributed by atoms with Crippen LogP contribution < -0.4 is 5.73 Å². The number of nitrogens with two attached hydrogens (primary N) is 1. The first-order valence-corrected chi connectivity index (χ1v) is 7.22. The Kier molecular flexibility index (Phi) is 3.42. The highest BCUT2D eigenvalue weighted by molar-refractivity contribution is 9.10. The standard InChI is InChI=1S/C16H15BrFN/c17-12-6-5-11(15(18)9-12)8-16(19)14-7-10-3-1-2-4-13(10)14/h1-6,9,14,16H,7-8,19H2. The summed E-state index contributed by atoms with van der Waals surface area (Å²) in [5, 5.41) is 0. The van der Waals surface area contributed by atoms with Crippen LogP contribution in [0.5, 0.6) is 0 Å². The van der Waals surface area contributed by atoms with Gasteiger partial charge in [0.1, 0.15) is 5.82 Å². The van der Waals surface area contributed by atoms with Gasteiger partial charge in [-0.2, -0.15) is 0 Å². The highest BCUT2D eigenvalue weighted by atomic mass is 79.9. The van der Waals surface area contributed by atoms with E-state index >= 15 is 0 Å². The van der Waals surface area contributed by atoms with E-state index in [1.54, 1.807) is 0 Å². The second-order valence-electron chi connectivity index (χ2n) is 5.11. The summed E-state index contributed by atoms with van der Waals surface area (Å²) in [4.78, 5) is 0. The van der Waals surface area contributed by atoms with Crippen molar-refractivity contribution in [2.24, 2.45) is 5.73 Å². The van der Waals surface area contributed by atoms with E-state index in [2.05, 4.69) is 34.1 Å². The van der Waals surface area contributed by atoms with E-state index in [1.165, 1.54) is 17.2 Å². The molecule has 0 fully saturated rings. The summed E-state index contributed by atoms with van der Waals surface area (Å²) >= 11 is 3.27. The zero-order valence-corrected chi connectivity index (χ0v) is 12.0. The van der Waals surface area contributed by atoms with Crippen LogP contribution in [0.15, 0.2) is 46.9 Å². The molecule has 2 aromatic rings. The van der Waals surface area contributed by atoms with Crippen LogP contribution in [0.1, 0.15) is 22.6 Å². The number of hydrogen-bond acceptors (Lipinski definition) is 1. The number of rotatable bonds is 3. The summed E-state index contributed by atoms with van der Waals surface area (Å²) in [6.45, 7) is 0. The SMILES string of the molecule is NC(Cc1ccc(Br)cc1F)C1Cc2ccccc21. The van der Waals surface area contributed by atoms with Gasteiger partial charge in [-0.3, -0.25) is 0 Å². The van der Waals surface area contributed by atoms with Crippen LogP contribution in [-0.2, 0) is 12.8 Å². The third-order valence-electron chi connectivity index (χ3n) is 3.88. The lowest BCUT2D eigenvalue weighted by Crippen LogP contribution is -2.37. The number of fused-ring (bicyclic) bond motifs is 1. The Morgan fingerprint density at radius 2 is 2.05 bits per heavy atom. The second kappa shape index (κ2) is 5.06. The van der Waals surface area contributed by atoms with Crippen molar-refractivity contribution in [1.82, 2.24) is 0 Å². The van der Waals surface area contributed by atoms with Crippen LogP contribution in [0.25, 0.3) is 0 Å². The summed E-state index contributed by atoms with van der Waals surface area (Å²) in [6, 6.07) is 13.5. The molecule has 2 atom stereocenters. The molecular weight excluding hydrogens is 305 g/mol. The molecule has 1 aliphatic carbocycles. The van der Waals surface area contributed by atoms with Gasteiger partial charge in [-0.15, -0.1) is 0 Å². The molecule has 3 heteroatoms. The quantitative estimate of drug-likeness (QED) is 0.915. The van der Waals surface area contributed by atoms with Crippen molar-refractivity contribution in [1.29, 1.82) is 0 Å². The van der Waals surface area contributed by atoms with Crippen molar-refractivity contribution in [2.75, 3.05) is 0 Å². The summed E-state index contributed by atoms with van der Waals surface area (Å²) in [6.07, 6.45) is 1.59. The summed E-state index contributed by atoms with van der Waals surface area (Å²) in [5.41, 5.74) is 9.65. The molecule has 0 radical (unpaired) electrons.